The summed E-state index contributed by atoms with van der Waals surface area (Å²) in [5.74, 6) is -2.04. The molecule has 1 N–H and O–H groups in total. The monoisotopic (exact) mass is 429 g/mol. The number of carbonyl (C=O) groups excluding carboxylic acids is 2. The number of ketones is 1. The zero-order valence-electron chi connectivity index (χ0n) is 17.4. The molecule has 160 valence electrons. The first kappa shape index (κ1) is 20.9. The molecule has 8 heteroatoms. The van der Waals surface area contributed by atoms with Crippen molar-refractivity contribution in [3.63, 3.8) is 0 Å². The fourth-order valence-corrected chi connectivity index (χ4v) is 3.77. The van der Waals surface area contributed by atoms with E-state index < -0.39 is 28.4 Å². The lowest BCUT2D eigenvalue weighted by Crippen LogP contribution is -2.30. The highest BCUT2D eigenvalue weighted by molar-refractivity contribution is 6.51. The summed E-state index contributed by atoms with van der Waals surface area (Å²) in [6.07, 6.45) is 1.55. The van der Waals surface area contributed by atoms with Gasteiger partial charge in [-0.1, -0.05) is 18.2 Å². The number of amides is 1. The number of pyridine rings is 1. The first-order valence-electron chi connectivity index (χ1n) is 9.83. The number of aliphatic hydroxyl groups excluding tert-OH is 1. The number of aliphatic hydroxyl groups is 1. The standard InChI is InChI=1S/C24H19N3O5/c1-14-6-7-15(2)19(13-14)26-21(18-5-3-4-12-25-18)20(23(29)24(26)30)22(28)16-8-10-17(11-9-16)27(31)32/h3-13,21,28H,1-2H3/b22-20-. The van der Waals surface area contributed by atoms with Gasteiger partial charge in [-0.25, -0.2) is 0 Å². The van der Waals surface area contributed by atoms with E-state index in [0.29, 0.717) is 11.4 Å². The number of Topliss-reactive ketones (excluding diaryl/α,β-unsaturated/α-hetero) is 1. The molecule has 4 rings (SSSR count). The third-order valence-electron chi connectivity index (χ3n) is 5.39. The predicted molar refractivity (Wildman–Crippen MR) is 118 cm³/mol. The largest absolute Gasteiger partial charge is 0.507 e. The molecule has 2 heterocycles. The second-order valence-electron chi connectivity index (χ2n) is 7.52. The van der Waals surface area contributed by atoms with Crippen molar-refractivity contribution in [2.45, 2.75) is 19.9 Å². The number of rotatable bonds is 4. The van der Waals surface area contributed by atoms with Gasteiger partial charge in [-0.05, 0) is 55.3 Å². The maximum absolute atomic E-state index is 13.2. The molecule has 0 radical (unpaired) electrons. The smallest absolute Gasteiger partial charge is 0.300 e. The Morgan fingerprint density at radius 3 is 2.41 bits per heavy atom. The Balaban J connectivity index is 1.94. The van der Waals surface area contributed by atoms with Crippen molar-refractivity contribution in [1.82, 2.24) is 4.98 Å². The van der Waals surface area contributed by atoms with Crippen LogP contribution in [-0.4, -0.2) is 26.7 Å². The van der Waals surface area contributed by atoms with Gasteiger partial charge in [0.05, 0.1) is 16.2 Å². The third-order valence-corrected chi connectivity index (χ3v) is 5.39. The first-order valence-corrected chi connectivity index (χ1v) is 9.83. The quantitative estimate of drug-likeness (QED) is 0.218. The molecule has 0 bridgehead atoms. The van der Waals surface area contributed by atoms with E-state index >= 15 is 0 Å². The minimum absolute atomic E-state index is 0.122. The van der Waals surface area contributed by atoms with E-state index in [9.17, 15) is 24.8 Å². The average Bonchev–Trinajstić information content (AvgIpc) is 3.06. The number of anilines is 1. The third kappa shape index (κ3) is 3.51. The zero-order chi connectivity index (χ0) is 23.0. The van der Waals surface area contributed by atoms with Crippen LogP contribution < -0.4 is 4.90 Å². The normalized spacial score (nSPS) is 17.6. The van der Waals surface area contributed by atoms with E-state index in [1.54, 1.807) is 24.4 Å². The SMILES string of the molecule is Cc1ccc(C)c(N2C(=O)C(=O)/C(=C(\O)c3ccc([N+](=O)[O-])cc3)C2c2ccccn2)c1. The molecule has 2 aromatic carbocycles. The Morgan fingerprint density at radius 1 is 1.06 bits per heavy atom. The number of aromatic nitrogens is 1. The lowest BCUT2D eigenvalue weighted by molar-refractivity contribution is -0.384. The number of aryl methyl sites for hydroxylation is 2. The molecule has 1 amide bonds. The van der Waals surface area contributed by atoms with E-state index in [4.69, 9.17) is 0 Å². The number of benzene rings is 2. The summed E-state index contributed by atoms with van der Waals surface area (Å²) in [5.41, 5.74) is 2.57. The summed E-state index contributed by atoms with van der Waals surface area (Å²) in [4.78, 5) is 42.4. The zero-order valence-corrected chi connectivity index (χ0v) is 17.4. The minimum Gasteiger partial charge on any atom is -0.507 e. The molecule has 0 aliphatic carbocycles. The fourth-order valence-electron chi connectivity index (χ4n) is 3.77. The Kier molecular flexibility index (Phi) is 5.28. The van der Waals surface area contributed by atoms with E-state index in [1.165, 1.54) is 29.2 Å². The molecule has 8 nitrogen and oxygen atoms in total. The molecule has 1 saturated heterocycles. The van der Waals surface area contributed by atoms with Gasteiger partial charge >= 0.3 is 0 Å². The Bertz CT molecular complexity index is 1270. The summed E-state index contributed by atoms with van der Waals surface area (Å²) in [7, 11) is 0. The van der Waals surface area contributed by atoms with Crippen molar-refractivity contribution in [3.05, 3.63) is 105 Å². The van der Waals surface area contributed by atoms with Crippen LogP contribution in [0.3, 0.4) is 0 Å². The van der Waals surface area contributed by atoms with Crippen LogP contribution in [0.25, 0.3) is 5.76 Å². The van der Waals surface area contributed by atoms with E-state index in [1.807, 2.05) is 32.0 Å². The highest BCUT2D eigenvalue weighted by Gasteiger charge is 2.48. The molecular formula is C24H19N3O5. The van der Waals surface area contributed by atoms with Gasteiger partial charge in [-0.3, -0.25) is 29.6 Å². The van der Waals surface area contributed by atoms with E-state index in [2.05, 4.69) is 4.98 Å². The van der Waals surface area contributed by atoms with Crippen molar-refractivity contribution < 1.29 is 19.6 Å². The van der Waals surface area contributed by atoms with Gasteiger partial charge in [0.1, 0.15) is 11.8 Å². The van der Waals surface area contributed by atoms with Crippen LogP contribution in [-0.2, 0) is 9.59 Å². The summed E-state index contributed by atoms with van der Waals surface area (Å²) in [6, 6.07) is 14.9. The molecule has 1 unspecified atom stereocenters. The van der Waals surface area contributed by atoms with Crippen LogP contribution in [0.2, 0.25) is 0 Å². The maximum atomic E-state index is 13.2. The van der Waals surface area contributed by atoms with Crippen LogP contribution in [0.4, 0.5) is 11.4 Å². The lowest BCUT2D eigenvalue weighted by atomic mass is 9.97. The topological polar surface area (TPSA) is 114 Å². The average molecular weight is 429 g/mol. The van der Waals surface area contributed by atoms with Crippen molar-refractivity contribution in [3.8, 4) is 0 Å². The number of hydrogen-bond acceptors (Lipinski definition) is 6. The van der Waals surface area contributed by atoms with Gasteiger partial charge in [0.25, 0.3) is 17.4 Å². The van der Waals surface area contributed by atoms with Crippen LogP contribution >= 0.6 is 0 Å². The summed E-state index contributed by atoms with van der Waals surface area (Å²) >= 11 is 0. The number of nitrogens with zero attached hydrogens (tertiary/aromatic N) is 3. The number of carbonyl (C=O) groups is 2. The Labute approximate surface area is 183 Å². The fraction of sp³-hybridized carbons (Fsp3) is 0.125. The maximum Gasteiger partial charge on any atom is 0.300 e. The number of hydrogen-bond donors (Lipinski definition) is 1. The molecule has 32 heavy (non-hydrogen) atoms. The number of nitro benzene ring substituents is 1. The van der Waals surface area contributed by atoms with Gasteiger partial charge in [0.15, 0.2) is 0 Å². The highest BCUT2D eigenvalue weighted by Crippen LogP contribution is 2.42. The van der Waals surface area contributed by atoms with E-state index in [0.717, 1.165) is 11.1 Å². The van der Waals surface area contributed by atoms with E-state index in [-0.39, 0.29) is 16.8 Å². The summed E-state index contributed by atoms with van der Waals surface area (Å²) in [6.45, 7) is 3.71. The van der Waals surface area contributed by atoms with Gasteiger partial charge in [0, 0.05) is 29.6 Å². The second-order valence-corrected chi connectivity index (χ2v) is 7.52. The predicted octanol–water partition coefficient (Wildman–Crippen LogP) is 4.23. The molecular weight excluding hydrogens is 410 g/mol. The first-order chi connectivity index (χ1) is 15.3. The van der Waals surface area contributed by atoms with Crippen molar-refractivity contribution in [2.75, 3.05) is 4.90 Å². The lowest BCUT2D eigenvalue weighted by Gasteiger charge is -2.26. The van der Waals surface area contributed by atoms with Gasteiger partial charge < -0.3 is 5.11 Å². The van der Waals surface area contributed by atoms with Crippen molar-refractivity contribution >= 4 is 28.8 Å². The summed E-state index contributed by atoms with van der Waals surface area (Å²) < 4.78 is 0. The molecule has 1 aromatic heterocycles. The molecule has 0 saturated carbocycles. The molecule has 1 atom stereocenters. The van der Waals surface area contributed by atoms with Gasteiger partial charge in [-0.15, -0.1) is 0 Å². The minimum atomic E-state index is -0.952. The van der Waals surface area contributed by atoms with Crippen LogP contribution in [0.15, 0.2) is 72.4 Å². The number of non-ortho nitro benzene ring substituents is 1. The number of nitro groups is 1. The molecule has 0 spiro atoms. The van der Waals surface area contributed by atoms with Crippen molar-refractivity contribution in [1.29, 1.82) is 0 Å². The van der Waals surface area contributed by atoms with Gasteiger partial charge in [-0.2, -0.15) is 0 Å². The molecule has 3 aromatic rings. The molecule has 1 aliphatic heterocycles. The second kappa shape index (κ2) is 8.07. The Morgan fingerprint density at radius 2 is 1.78 bits per heavy atom. The van der Waals surface area contributed by atoms with Crippen LogP contribution in [0.1, 0.15) is 28.4 Å². The van der Waals surface area contributed by atoms with Gasteiger partial charge in [0.2, 0.25) is 0 Å². The van der Waals surface area contributed by atoms with Crippen LogP contribution in [0.5, 0.6) is 0 Å². The van der Waals surface area contributed by atoms with Crippen LogP contribution in [0, 0.1) is 24.0 Å². The molecule has 1 aliphatic rings. The highest BCUT2D eigenvalue weighted by atomic mass is 16.6. The Hall–Kier alpha value is -4.33. The summed E-state index contributed by atoms with van der Waals surface area (Å²) in [5, 5.41) is 22.0. The van der Waals surface area contributed by atoms with Crippen molar-refractivity contribution in [2.24, 2.45) is 0 Å². The molecule has 1 fully saturated rings.